The van der Waals surface area contributed by atoms with Crippen molar-refractivity contribution in [3.8, 4) is 5.75 Å². The zero-order chi connectivity index (χ0) is 17.3. The normalized spacial score (nSPS) is 19.8. The second-order valence-corrected chi connectivity index (χ2v) is 8.06. The highest BCUT2D eigenvalue weighted by molar-refractivity contribution is 7.89. The van der Waals surface area contributed by atoms with Crippen LogP contribution in [-0.2, 0) is 14.8 Å². The molecule has 1 aliphatic carbocycles. The molecule has 3 rings (SSSR count). The Morgan fingerprint density at radius 2 is 1.96 bits per heavy atom. The largest absolute Gasteiger partial charge is 0.495 e. The fourth-order valence-corrected chi connectivity index (χ4v) is 4.57. The summed E-state index contributed by atoms with van der Waals surface area (Å²) in [6, 6.07) is 3.45. The first-order chi connectivity index (χ1) is 11.4. The lowest BCUT2D eigenvalue weighted by molar-refractivity contribution is -0.132. The van der Waals surface area contributed by atoms with Crippen LogP contribution in [0.4, 0.5) is 4.39 Å². The molecule has 0 spiro atoms. The molecule has 8 heteroatoms. The topological polar surface area (TPSA) is 66.9 Å². The molecular weight excluding hydrogens is 335 g/mol. The maximum absolute atomic E-state index is 13.5. The van der Waals surface area contributed by atoms with Crippen LogP contribution in [0.25, 0.3) is 0 Å². The van der Waals surface area contributed by atoms with E-state index in [2.05, 4.69) is 0 Å². The highest BCUT2D eigenvalue weighted by atomic mass is 32.2. The van der Waals surface area contributed by atoms with Crippen LogP contribution >= 0.6 is 0 Å². The number of carbonyl (C=O) groups is 1. The number of hydrogen-bond donors (Lipinski definition) is 0. The van der Waals surface area contributed by atoms with Crippen molar-refractivity contribution in [2.45, 2.75) is 24.2 Å². The number of methoxy groups -OCH3 is 1. The lowest BCUT2D eigenvalue weighted by Crippen LogP contribution is -2.38. The molecule has 24 heavy (non-hydrogen) atoms. The monoisotopic (exact) mass is 356 g/mol. The van der Waals surface area contributed by atoms with E-state index in [0.29, 0.717) is 26.1 Å². The maximum atomic E-state index is 13.5. The molecule has 1 aromatic rings. The smallest absolute Gasteiger partial charge is 0.246 e. The summed E-state index contributed by atoms with van der Waals surface area (Å²) in [6.07, 6.45) is 2.42. The van der Waals surface area contributed by atoms with Gasteiger partial charge in [-0.05, 0) is 37.5 Å². The Labute approximate surface area is 141 Å². The van der Waals surface area contributed by atoms with Gasteiger partial charge in [0.15, 0.2) is 0 Å². The molecule has 0 atom stereocenters. The molecule has 6 nitrogen and oxygen atoms in total. The number of hydrogen-bond acceptors (Lipinski definition) is 4. The van der Waals surface area contributed by atoms with Gasteiger partial charge in [-0.15, -0.1) is 0 Å². The molecule has 1 aliphatic heterocycles. The molecule has 1 saturated heterocycles. The summed E-state index contributed by atoms with van der Waals surface area (Å²) in [6.45, 7) is 1.44. The average molecular weight is 356 g/mol. The fourth-order valence-electron chi connectivity index (χ4n) is 2.93. The Kier molecular flexibility index (Phi) is 4.78. The predicted octanol–water partition coefficient (Wildman–Crippen LogP) is 1.47. The average Bonchev–Trinajstić information content (AvgIpc) is 3.40. The molecular formula is C16H21FN2O4S. The van der Waals surface area contributed by atoms with E-state index in [4.69, 9.17) is 4.74 Å². The highest BCUT2D eigenvalue weighted by Crippen LogP contribution is 2.32. The van der Waals surface area contributed by atoms with E-state index in [1.165, 1.54) is 17.5 Å². The molecule has 132 valence electrons. The van der Waals surface area contributed by atoms with Gasteiger partial charge in [0.2, 0.25) is 15.9 Å². The number of sulfonamides is 1. The number of benzene rings is 1. The number of rotatable bonds is 4. The minimum Gasteiger partial charge on any atom is -0.495 e. The zero-order valence-electron chi connectivity index (χ0n) is 13.6. The Morgan fingerprint density at radius 3 is 2.62 bits per heavy atom. The first-order valence-corrected chi connectivity index (χ1v) is 9.50. The minimum absolute atomic E-state index is 0.117. The van der Waals surface area contributed by atoms with Gasteiger partial charge in [0.1, 0.15) is 16.5 Å². The molecule has 0 N–H and O–H groups in total. The zero-order valence-corrected chi connectivity index (χ0v) is 14.4. The highest BCUT2D eigenvalue weighted by Gasteiger charge is 2.36. The third kappa shape index (κ3) is 3.39. The second-order valence-electron chi connectivity index (χ2n) is 6.15. The molecule has 0 unspecified atom stereocenters. The van der Waals surface area contributed by atoms with Crippen LogP contribution in [-0.4, -0.2) is 56.8 Å². The van der Waals surface area contributed by atoms with Crippen molar-refractivity contribution >= 4 is 15.9 Å². The van der Waals surface area contributed by atoms with Crippen LogP contribution in [0.5, 0.6) is 5.75 Å². The number of amides is 1. The predicted molar refractivity (Wildman–Crippen MR) is 85.6 cm³/mol. The number of nitrogens with zero attached hydrogens (tertiary/aromatic N) is 2. The third-order valence-electron chi connectivity index (χ3n) is 4.44. The Morgan fingerprint density at radius 1 is 1.21 bits per heavy atom. The Bertz CT molecular complexity index is 734. The van der Waals surface area contributed by atoms with E-state index >= 15 is 0 Å². The van der Waals surface area contributed by atoms with Crippen molar-refractivity contribution in [2.75, 3.05) is 33.3 Å². The van der Waals surface area contributed by atoms with Crippen molar-refractivity contribution in [2.24, 2.45) is 5.92 Å². The number of ether oxygens (including phenoxy) is 1. The van der Waals surface area contributed by atoms with Crippen molar-refractivity contribution in [1.29, 1.82) is 0 Å². The van der Waals surface area contributed by atoms with Crippen LogP contribution in [0.1, 0.15) is 19.3 Å². The molecule has 0 bridgehead atoms. The molecule has 2 fully saturated rings. The van der Waals surface area contributed by atoms with Gasteiger partial charge in [-0.2, -0.15) is 4.31 Å². The summed E-state index contributed by atoms with van der Waals surface area (Å²) in [7, 11) is -2.52. The maximum Gasteiger partial charge on any atom is 0.246 e. The van der Waals surface area contributed by atoms with E-state index < -0.39 is 15.8 Å². The van der Waals surface area contributed by atoms with Gasteiger partial charge in [0.05, 0.1) is 7.11 Å². The Hall–Kier alpha value is -1.67. The number of halogens is 1. The van der Waals surface area contributed by atoms with Crippen LogP contribution in [0.2, 0.25) is 0 Å². The SMILES string of the molecule is COc1ccc(F)cc1S(=O)(=O)N1CCCN(C(=O)C2CC2)CC1. The van der Waals surface area contributed by atoms with Crippen LogP contribution in [0.15, 0.2) is 23.1 Å². The van der Waals surface area contributed by atoms with Gasteiger partial charge < -0.3 is 9.64 Å². The van der Waals surface area contributed by atoms with E-state index in [0.717, 1.165) is 25.0 Å². The van der Waals surface area contributed by atoms with Gasteiger partial charge in [0.25, 0.3) is 0 Å². The molecule has 1 amide bonds. The van der Waals surface area contributed by atoms with Crippen molar-refractivity contribution in [3.05, 3.63) is 24.0 Å². The molecule has 2 aliphatic rings. The summed E-state index contributed by atoms with van der Waals surface area (Å²) in [5.74, 6) is -0.268. The van der Waals surface area contributed by atoms with E-state index in [1.54, 1.807) is 4.90 Å². The first-order valence-electron chi connectivity index (χ1n) is 8.06. The summed E-state index contributed by atoms with van der Waals surface area (Å²) in [4.78, 5) is 13.7. The van der Waals surface area contributed by atoms with Gasteiger partial charge in [-0.1, -0.05) is 0 Å². The second kappa shape index (κ2) is 6.68. The summed E-state index contributed by atoms with van der Waals surface area (Å²) < 4.78 is 45.7. The molecule has 1 heterocycles. The summed E-state index contributed by atoms with van der Waals surface area (Å²) in [5.41, 5.74) is 0. The molecule has 0 radical (unpaired) electrons. The van der Waals surface area contributed by atoms with E-state index in [9.17, 15) is 17.6 Å². The van der Waals surface area contributed by atoms with Crippen LogP contribution in [0.3, 0.4) is 0 Å². The first kappa shape index (κ1) is 17.2. The molecule has 1 aromatic carbocycles. The standard InChI is InChI=1S/C16H21FN2O4S/c1-23-14-6-5-13(17)11-15(14)24(21,22)19-8-2-7-18(9-10-19)16(20)12-3-4-12/h5-6,11-12H,2-4,7-10H2,1H3. The van der Waals surface area contributed by atoms with Gasteiger partial charge in [-0.3, -0.25) is 4.79 Å². The Balaban J connectivity index is 1.80. The van der Waals surface area contributed by atoms with Gasteiger partial charge in [0, 0.05) is 32.1 Å². The summed E-state index contributed by atoms with van der Waals surface area (Å²) >= 11 is 0. The van der Waals surface area contributed by atoms with Crippen molar-refractivity contribution in [1.82, 2.24) is 9.21 Å². The minimum atomic E-state index is -3.87. The van der Waals surface area contributed by atoms with E-state index in [-0.39, 0.29) is 29.0 Å². The van der Waals surface area contributed by atoms with Crippen LogP contribution < -0.4 is 4.74 Å². The molecule has 1 saturated carbocycles. The van der Waals surface area contributed by atoms with Gasteiger partial charge in [-0.25, -0.2) is 12.8 Å². The lowest BCUT2D eigenvalue weighted by Gasteiger charge is -2.22. The number of carbonyl (C=O) groups excluding carboxylic acids is 1. The third-order valence-corrected chi connectivity index (χ3v) is 6.36. The van der Waals surface area contributed by atoms with E-state index in [1.807, 2.05) is 0 Å². The summed E-state index contributed by atoms with van der Waals surface area (Å²) in [5, 5.41) is 0. The lowest BCUT2D eigenvalue weighted by atomic mass is 10.3. The van der Waals surface area contributed by atoms with Crippen molar-refractivity contribution in [3.63, 3.8) is 0 Å². The fraction of sp³-hybridized carbons (Fsp3) is 0.562. The quantitative estimate of drug-likeness (QED) is 0.819. The van der Waals surface area contributed by atoms with Gasteiger partial charge >= 0.3 is 0 Å². The van der Waals surface area contributed by atoms with Crippen LogP contribution in [0, 0.1) is 11.7 Å². The van der Waals surface area contributed by atoms with Crippen molar-refractivity contribution < 1.29 is 22.3 Å². The molecule has 0 aromatic heterocycles.